The van der Waals surface area contributed by atoms with E-state index in [0.717, 1.165) is 4.90 Å². The normalized spacial score (nSPS) is 9.85. The Morgan fingerprint density at radius 2 is 2.08 bits per heavy atom. The van der Waals surface area contributed by atoms with Crippen molar-refractivity contribution >= 4 is 17.8 Å². The summed E-state index contributed by atoms with van der Waals surface area (Å²) in [5, 5.41) is 11.4. The molecule has 0 saturated carbocycles. The molecule has 0 aliphatic heterocycles. The predicted octanol–water partition coefficient (Wildman–Crippen LogP) is 1.08. The summed E-state index contributed by atoms with van der Waals surface area (Å²) < 4.78 is 10.0. The molecule has 1 heterocycles. The van der Waals surface area contributed by atoms with Gasteiger partial charge in [0.1, 0.15) is 5.76 Å². The van der Waals surface area contributed by atoms with Gasteiger partial charge in [-0.3, -0.25) is 9.59 Å². The van der Waals surface area contributed by atoms with E-state index in [4.69, 9.17) is 14.4 Å². The molecular formula is C18H17N3O5. The minimum absolute atomic E-state index is 0.177. The smallest absolute Gasteiger partial charge is 0.338 e. The van der Waals surface area contributed by atoms with Gasteiger partial charge >= 0.3 is 5.97 Å². The zero-order chi connectivity index (χ0) is 18.9. The summed E-state index contributed by atoms with van der Waals surface area (Å²) in [6, 6.07) is 11.3. The van der Waals surface area contributed by atoms with Gasteiger partial charge in [0.25, 0.3) is 5.91 Å². The highest BCUT2D eigenvalue weighted by Gasteiger charge is 2.16. The van der Waals surface area contributed by atoms with Gasteiger partial charge in [-0.05, 0) is 30.3 Å². The number of likely N-dealkylation sites (N-methyl/N-ethyl adjacent to an activating group) is 1. The Balaban J connectivity index is 1.76. The van der Waals surface area contributed by atoms with E-state index >= 15 is 0 Å². The van der Waals surface area contributed by atoms with Gasteiger partial charge in [-0.1, -0.05) is 6.07 Å². The molecule has 134 valence electrons. The Labute approximate surface area is 150 Å². The van der Waals surface area contributed by atoms with Crippen molar-refractivity contribution in [2.24, 2.45) is 0 Å². The molecule has 0 fully saturated rings. The van der Waals surface area contributed by atoms with E-state index in [0.29, 0.717) is 11.3 Å². The monoisotopic (exact) mass is 355 g/mol. The molecular weight excluding hydrogens is 338 g/mol. The standard InChI is InChI=1S/C18H17N3O5/c1-21(11-16(22)20-10-15-6-3-7-25-15)17(23)12-26-18(24)14-5-2-4-13(8-14)9-19/h2-8H,10-12H2,1H3,(H,20,22). The topological polar surface area (TPSA) is 113 Å². The van der Waals surface area contributed by atoms with Crippen molar-refractivity contribution < 1.29 is 23.5 Å². The van der Waals surface area contributed by atoms with Crippen molar-refractivity contribution in [2.45, 2.75) is 6.54 Å². The van der Waals surface area contributed by atoms with Gasteiger partial charge in [0.05, 0.1) is 36.5 Å². The third-order valence-corrected chi connectivity index (χ3v) is 3.40. The van der Waals surface area contributed by atoms with Crippen LogP contribution < -0.4 is 5.32 Å². The Hall–Kier alpha value is -3.60. The lowest BCUT2D eigenvalue weighted by Crippen LogP contribution is -2.39. The van der Waals surface area contributed by atoms with E-state index < -0.39 is 18.5 Å². The molecule has 1 aromatic heterocycles. The molecule has 8 heteroatoms. The maximum atomic E-state index is 12.0. The zero-order valence-corrected chi connectivity index (χ0v) is 14.1. The Morgan fingerprint density at radius 3 is 2.77 bits per heavy atom. The molecule has 2 aromatic rings. The first-order chi connectivity index (χ1) is 12.5. The first kappa shape index (κ1) is 18.7. The number of carbonyl (C=O) groups excluding carboxylic acids is 3. The maximum Gasteiger partial charge on any atom is 0.338 e. The molecule has 8 nitrogen and oxygen atoms in total. The van der Waals surface area contributed by atoms with Crippen LogP contribution >= 0.6 is 0 Å². The number of amides is 2. The Kier molecular flexibility index (Phi) is 6.51. The number of rotatable bonds is 7. The van der Waals surface area contributed by atoms with Crippen LogP contribution in [-0.4, -0.2) is 42.9 Å². The van der Waals surface area contributed by atoms with Crippen LogP contribution in [0.25, 0.3) is 0 Å². The van der Waals surface area contributed by atoms with Crippen LogP contribution in [0.5, 0.6) is 0 Å². The maximum absolute atomic E-state index is 12.0. The van der Waals surface area contributed by atoms with Crippen molar-refractivity contribution in [1.82, 2.24) is 10.2 Å². The SMILES string of the molecule is CN(CC(=O)NCc1ccco1)C(=O)COC(=O)c1cccc(C#N)c1. The molecule has 0 aliphatic rings. The minimum atomic E-state index is -0.717. The van der Waals surface area contributed by atoms with Crippen LogP contribution in [0.3, 0.4) is 0 Å². The molecule has 1 aromatic carbocycles. The number of benzene rings is 1. The second-order valence-electron chi connectivity index (χ2n) is 5.37. The van der Waals surface area contributed by atoms with Gasteiger partial charge in [-0.2, -0.15) is 5.26 Å². The van der Waals surface area contributed by atoms with Crippen LogP contribution in [0.15, 0.2) is 47.1 Å². The highest BCUT2D eigenvalue weighted by molar-refractivity contribution is 5.92. The fourth-order valence-electron chi connectivity index (χ4n) is 1.99. The van der Waals surface area contributed by atoms with E-state index in [1.807, 2.05) is 6.07 Å². The first-order valence-corrected chi connectivity index (χ1v) is 7.70. The number of esters is 1. The second kappa shape index (κ2) is 9.03. The lowest BCUT2D eigenvalue weighted by atomic mass is 10.1. The van der Waals surface area contributed by atoms with E-state index in [1.165, 1.54) is 25.4 Å². The first-order valence-electron chi connectivity index (χ1n) is 7.70. The second-order valence-corrected chi connectivity index (χ2v) is 5.37. The molecule has 2 rings (SSSR count). The van der Waals surface area contributed by atoms with Crippen molar-refractivity contribution in [3.05, 3.63) is 59.5 Å². The average molecular weight is 355 g/mol. The molecule has 2 amide bonds. The molecule has 0 atom stereocenters. The summed E-state index contributed by atoms with van der Waals surface area (Å²) >= 11 is 0. The molecule has 0 radical (unpaired) electrons. The molecule has 1 N–H and O–H groups in total. The molecule has 0 bridgehead atoms. The average Bonchev–Trinajstić information content (AvgIpc) is 3.17. The quantitative estimate of drug-likeness (QED) is 0.744. The van der Waals surface area contributed by atoms with E-state index in [9.17, 15) is 14.4 Å². The van der Waals surface area contributed by atoms with Gasteiger partial charge in [-0.25, -0.2) is 4.79 Å². The number of ether oxygens (including phenoxy) is 1. The highest BCUT2D eigenvalue weighted by atomic mass is 16.5. The van der Waals surface area contributed by atoms with Gasteiger partial charge < -0.3 is 19.4 Å². The van der Waals surface area contributed by atoms with Gasteiger partial charge in [0.2, 0.25) is 5.91 Å². The third kappa shape index (κ3) is 5.49. The number of nitrogens with one attached hydrogen (secondary N) is 1. The number of nitriles is 1. The molecule has 0 saturated heterocycles. The van der Waals surface area contributed by atoms with E-state index in [1.54, 1.807) is 24.3 Å². The largest absolute Gasteiger partial charge is 0.467 e. The fraction of sp³-hybridized carbons (Fsp3) is 0.222. The zero-order valence-electron chi connectivity index (χ0n) is 14.1. The summed E-state index contributed by atoms with van der Waals surface area (Å²) in [4.78, 5) is 36.8. The van der Waals surface area contributed by atoms with Crippen molar-refractivity contribution in [2.75, 3.05) is 20.2 Å². The Bertz CT molecular complexity index is 824. The summed E-state index contributed by atoms with van der Waals surface area (Å²) in [5.74, 6) is -1.01. The van der Waals surface area contributed by atoms with E-state index in [2.05, 4.69) is 5.32 Å². The van der Waals surface area contributed by atoms with Crippen molar-refractivity contribution in [3.63, 3.8) is 0 Å². The number of carbonyl (C=O) groups is 3. The molecule has 0 aliphatic carbocycles. The number of nitrogens with zero attached hydrogens (tertiary/aromatic N) is 2. The highest BCUT2D eigenvalue weighted by Crippen LogP contribution is 2.06. The number of hydrogen-bond acceptors (Lipinski definition) is 6. The summed E-state index contributed by atoms with van der Waals surface area (Å²) in [6.45, 7) is -0.462. The summed E-state index contributed by atoms with van der Waals surface area (Å²) in [6.07, 6.45) is 1.50. The third-order valence-electron chi connectivity index (χ3n) is 3.40. The lowest BCUT2D eigenvalue weighted by molar-refractivity contribution is -0.137. The fourth-order valence-corrected chi connectivity index (χ4v) is 1.99. The van der Waals surface area contributed by atoms with Crippen molar-refractivity contribution in [1.29, 1.82) is 5.26 Å². The number of hydrogen-bond donors (Lipinski definition) is 1. The molecule has 0 unspecified atom stereocenters. The minimum Gasteiger partial charge on any atom is -0.467 e. The van der Waals surface area contributed by atoms with Crippen LogP contribution in [0.2, 0.25) is 0 Å². The van der Waals surface area contributed by atoms with Gasteiger partial charge in [0.15, 0.2) is 6.61 Å². The van der Waals surface area contributed by atoms with Crippen LogP contribution in [0.1, 0.15) is 21.7 Å². The predicted molar refractivity (Wildman–Crippen MR) is 89.6 cm³/mol. The van der Waals surface area contributed by atoms with Gasteiger partial charge in [-0.15, -0.1) is 0 Å². The summed E-state index contributed by atoms with van der Waals surface area (Å²) in [7, 11) is 1.43. The van der Waals surface area contributed by atoms with Crippen molar-refractivity contribution in [3.8, 4) is 6.07 Å². The summed E-state index contributed by atoms with van der Waals surface area (Å²) in [5.41, 5.74) is 0.492. The van der Waals surface area contributed by atoms with E-state index in [-0.39, 0.29) is 24.6 Å². The molecule has 0 spiro atoms. The van der Waals surface area contributed by atoms with Crippen LogP contribution in [0, 0.1) is 11.3 Å². The molecule has 26 heavy (non-hydrogen) atoms. The number of furan rings is 1. The Morgan fingerprint density at radius 1 is 1.27 bits per heavy atom. The van der Waals surface area contributed by atoms with Crippen LogP contribution in [0.4, 0.5) is 0 Å². The van der Waals surface area contributed by atoms with Crippen LogP contribution in [-0.2, 0) is 20.9 Å². The van der Waals surface area contributed by atoms with Gasteiger partial charge in [0, 0.05) is 7.05 Å². The lowest BCUT2D eigenvalue weighted by Gasteiger charge is -2.16.